The molecule has 0 amide bonds. The van der Waals surface area contributed by atoms with Crippen LogP contribution < -0.4 is 9.47 Å². The van der Waals surface area contributed by atoms with Gasteiger partial charge in [0.1, 0.15) is 11.5 Å². The molecule has 0 spiro atoms. The lowest BCUT2D eigenvalue weighted by Gasteiger charge is -2.38. The number of para-hydroxylation sites is 1. The quantitative estimate of drug-likeness (QED) is 0.632. The molecule has 2 heterocycles. The van der Waals surface area contributed by atoms with Crippen LogP contribution in [0.2, 0.25) is 0 Å². The fourth-order valence-corrected chi connectivity index (χ4v) is 4.08. The van der Waals surface area contributed by atoms with Crippen LogP contribution in [0.5, 0.6) is 11.5 Å². The summed E-state index contributed by atoms with van der Waals surface area (Å²) in [7, 11) is 1.69. The molecule has 0 unspecified atom stereocenters. The second-order valence-electron chi connectivity index (χ2n) is 7.24. The van der Waals surface area contributed by atoms with Gasteiger partial charge in [-0.1, -0.05) is 54.6 Å². The molecule has 140 valence electrons. The van der Waals surface area contributed by atoms with Crippen molar-refractivity contribution in [1.29, 1.82) is 0 Å². The predicted molar refractivity (Wildman–Crippen MR) is 110 cm³/mol. The number of benzene rings is 3. The van der Waals surface area contributed by atoms with E-state index in [0.29, 0.717) is 0 Å². The fraction of sp³-hybridized carbons (Fsp3) is 0.208. The average Bonchev–Trinajstić information content (AvgIpc) is 3.19. The number of fused-ring (bicyclic) bond motifs is 3. The maximum atomic E-state index is 6.44. The van der Waals surface area contributed by atoms with Crippen LogP contribution in [0, 0.1) is 6.92 Å². The molecule has 3 aromatic carbocycles. The molecule has 0 aliphatic carbocycles. The second-order valence-corrected chi connectivity index (χ2v) is 7.24. The van der Waals surface area contributed by atoms with Gasteiger partial charge in [0.15, 0.2) is 0 Å². The van der Waals surface area contributed by atoms with Crippen LogP contribution in [-0.4, -0.2) is 17.8 Å². The largest absolute Gasteiger partial charge is 0.497 e. The number of ether oxygens (including phenoxy) is 2. The molecule has 28 heavy (non-hydrogen) atoms. The number of aryl methyl sites for hydroxylation is 1. The maximum Gasteiger partial charge on any atom is 0.214 e. The fourth-order valence-electron chi connectivity index (χ4n) is 4.08. The molecule has 4 heteroatoms. The number of hydrogen-bond donors (Lipinski definition) is 0. The first-order valence-corrected chi connectivity index (χ1v) is 9.56. The van der Waals surface area contributed by atoms with Crippen molar-refractivity contribution < 1.29 is 9.47 Å². The summed E-state index contributed by atoms with van der Waals surface area (Å²) in [4.78, 5) is 0. The van der Waals surface area contributed by atoms with Crippen molar-refractivity contribution in [2.75, 3.05) is 7.11 Å². The molecule has 2 atom stereocenters. The molecular formula is C24H22N2O2. The Kier molecular flexibility index (Phi) is 4.05. The number of rotatable bonds is 3. The first-order chi connectivity index (χ1) is 13.7. The van der Waals surface area contributed by atoms with Crippen LogP contribution in [-0.2, 0) is 0 Å². The normalized spacial score (nSPS) is 20.1. The van der Waals surface area contributed by atoms with Crippen molar-refractivity contribution in [3.05, 3.63) is 95.1 Å². The molecule has 0 radical (unpaired) electrons. The number of methoxy groups -OCH3 is 1. The smallest absolute Gasteiger partial charge is 0.214 e. The summed E-state index contributed by atoms with van der Waals surface area (Å²) in [6.07, 6.45) is 0.611. The lowest BCUT2D eigenvalue weighted by atomic mass is 9.95. The number of hydrazone groups is 1. The zero-order valence-corrected chi connectivity index (χ0v) is 16.0. The average molecular weight is 370 g/mol. The highest BCUT2D eigenvalue weighted by Crippen LogP contribution is 2.47. The molecule has 0 fully saturated rings. The van der Waals surface area contributed by atoms with E-state index in [2.05, 4.69) is 60.5 Å². The first kappa shape index (κ1) is 16.9. The van der Waals surface area contributed by atoms with Crippen LogP contribution in [0.3, 0.4) is 0 Å². The van der Waals surface area contributed by atoms with Gasteiger partial charge < -0.3 is 9.47 Å². The van der Waals surface area contributed by atoms with Gasteiger partial charge in [0.25, 0.3) is 0 Å². The predicted octanol–water partition coefficient (Wildman–Crippen LogP) is 5.25. The third-order valence-corrected chi connectivity index (χ3v) is 5.56. The zero-order chi connectivity index (χ0) is 19.1. The summed E-state index contributed by atoms with van der Waals surface area (Å²) >= 11 is 0. The molecule has 0 saturated carbocycles. The van der Waals surface area contributed by atoms with Gasteiger partial charge in [0, 0.05) is 23.1 Å². The zero-order valence-electron chi connectivity index (χ0n) is 16.0. The van der Waals surface area contributed by atoms with Crippen molar-refractivity contribution in [2.45, 2.75) is 25.6 Å². The molecular weight excluding hydrogens is 348 g/mol. The van der Waals surface area contributed by atoms with Gasteiger partial charge >= 0.3 is 0 Å². The molecule has 0 bridgehead atoms. The summed E-state index contributed by atoms with van der Waals surface area (Å²) in [5.74, 6) is 1.79. The number of hydrogen-bond acceptors (Lipinski definition) is 4. The Bertz CT molecular complexity index is 1060. The van der Waals surface area contributed by atoms with E-state index in [-0.39, 0.29) is 12.3 Å². The highest BCUT2D eigenvalue weighted by Gasteiger charge is 2.41. The van der Waals surface area contributed by atoms with E-state index in [1.807, 2.05) is 24.3 Å². The van der Waals surface area contributed by atoms with Gasteiger partial charge in [-0.2, -0.15) is 5.10 Å². The topological polar surface area (TPSA) is 34.1 Å². The van der Waals surface area contributed by atoms with Crippen molar-refractivity contribution in [1.82, 2.24) is 5.01 Å². The minimum atomic E-state index is -0.232. The molecule has 0 saturated heterocycles. The molecule has 4 nitrogen and oxygen atoms in total. The van der Waals surface area contributed by atoms with Crippen molar-refractivity contribution in [3.63, 3.8) is 0 Å². The monoisotopic (exact) mass is 370 g/mol. The van der Waals surface area contributed by atoms with Crippen LogP contribution >= 0.6 is 0 Å². The standard InChI is InChI=1S/C24H22N2O2/c1-16-8-3-4-11-19(16)24-26-22(20-12-5-6-13-23(20)28-24)15-21(25-26)17-9-7-10-18(14-17)27-2/h3-14,22,24H,15H2,1-2H3/t22-,24+/m1/s1. The van der Waals surface area contributed by atoms with Crippen LogP contribution in [0.15, 0.2) is 77.9 Å². The van der Waals surface area contributed by atoms with E-state index in [1.54, 1.807) is 7.11 Å². The summed E-state index contributed by atoms with van der Waals surface area (Å²) in [6, 6.07) is 24.9. The Balaban J connectivity index is 1.60. The first-order valence-electron chi connectivity index (χ1n) is 9.56. The molecule has 0 aromatic heterocycles. The van der Waals surface area contributed by atoms with Gasteiger partial charge in [0.2, 0.25) is 6.23 Å². The Hall–Kier alpha value is -3.27. The molecule has 2 aliphatic heterocycles. The highest BCUT2D eigenvalue weighted by atomic mass is 16.5. The van der Waals surface area contributed by atoms with Gasteiger partial charge in [-0.3, -0.25) is 0 Å². The van der Waals surface area contributed by atoms with Gasteiger partial charge in [-0.25, -0.2) is 5.01 Å². The Morgan fingerprint density at radius 2 is 1.75 bits per heavy atom. The highest BCUT2D eigenvalue weighted by molar-refractivity contribution is 6.02. The molecule has 0 N–H and O–H groups in total. The van der Waals surface area contributed by atoms with Crippen molar-refractivity contribution in [3.8, 4) is 11.5 Å². The minimum absolute atomic E-state index is 0.163. The summed E-state index contributed by atoms with van der Waals surface area (Å²) < 4.78 is 11.8. The van der Waals surface area contributed by atoms with E-state index in [9.17, 15) is 0 Å². The maximum absolute atomic E-state index is 6.44. The van der Waals surface area contributed by atoms with Gasteiger partial charge in [-0.05, 0) is 30.7 Å². The van der Waals surface area contributed by atoms with Crippen LogP contribution in [0.4, 0.5) is 0 Å². The lowest BCUT2D eigenvalue weighted by Crippen LogP contribution is -2.34. The Morgan fingerprint density at radius 1 is 0.964 bits per heavy atom. The lowest BCUT2D eigenvalue weighted by molar-refractivity contribution is -0.0194. The third kappa shape index (κ3) is 2.73. The summed E-state index contributed by atoms with van der Waals surface area (Å²) in [5, 5.41) is 7.15. The molecule has 2 aliphatic rings. The third-order valence-electron chi connectivity index (χ3n) is 5.56. The van der Waals surface area contributed by atoms with Gasteiger partial charge in [-0.15, -0.1) is 0 Å². The van der Waals surface area contributed by atoms with Crippen molar-refractivity contribution in [2.24, 2.45) is 5.10 Å². The second kappa shape index (κ2) is 6.71. The van der Waals surface area contributed by atoms with Crippen molar-refractivity contribution >= 4 is 5.71 Å². The van der Waals surface area contributed by atoms with E-state index >= 15 is 0 Å². The SMILES string of the molecule is COc1cccc(C2=NN3[C@H](C2)c2ccccc2O[C@H]3c2ccccc2C)c1. The van der Waals surface area contributed by atoms with E-state index < -0.39 is 0 Å². The Labute approximate surface area is 165 Å². The summed E-state index contributed by atoms with van der Waals surface area (Å²) in [6.45, 7) is 2.12. The van der Waals surface area contributed by atoms with E-state index in [4.69, 9.17) is 14.6 Å². The summed E-state index contributed by atoms with van der Waals surface area (Å²) in [5.41, 5.74) is 5.69. The minimum Gasteiger partial charge on any atom is -0.497 e. The van der Waals surface area contributed by atoms with E-state index in [1.165, 1.54) is 11.1 Å². The van der Waals surface area contributed by atoms with E-state index in [0.717, 1.165) is 34.8 Å². The van der Waals surface area contributed by atoms with Crippen LogP contribution in [0.1, 0.15) is 40.9 Å². The molecule has 3 aromatic rings. The van der Waals surface area contributed by atoms with Crippen LogP contribution in [0.25, 0.3) is 0 Å². The number of nitrogens with zero attached hydrogens (tertiary/aromatic N) is 2. The molecule has 5 rings (SSSR count). The van der Waals surface area contributed by atoms with Gasteiger partial charge in [0.05, 0.1) is 18.9 Å². The Morgan fingerprint density at radius 3 is 2.57 bits per heavy atom.